The largest absolute Gasteiger partial charge is 0.336 e. The van der Waals surface area contributed by atoms with Crippen LogP contribution in [0.4, 0.5) is 14.5 Å². The second-order valence-electron chi connectivity index (χ2n) is 10.2. The number of nitrogens with one attached hydrogen (secondary N) is 3. The third-order valence-electron chi connectivity index (χ3n) is 6.94. The number of rotatable bonds is 8. The van der Waals surface area contributed by atoms with E-state index < -0.39 is 21.5 Å². The number of halogens is 2. The van der Waals surface area contributed by atoms with E-state index >= 15 is 4.39 Å². The van der Waals surface area contributed by atoms with Crippen molar-refractivity contribution in [3.8, 4) is 33.9 Å². The first kappa shape index (κ1) is 28.1. The average Bonchev–Trinajstić information content (AvgIpc) is 3.60. The van der Waals surface area contributed by atoms with Gasteiger partial charge in [0.25, 0.3) is 0 Å². The predicted molar refractivity (Wildman–Crippen MR) is 160 cm³/mol. The number of sulfone groups is 1. The van der Waals surface area contributed by atoms with Gasteiger partial charge in [-0.15, -0.1) is 0 Å². The number of aromatic nitrogens is 6. The van der Waals surface area contributed by atoms with Crippen LogP contribution in [-0.4, -0.2) is 56.5 Å². The van der Waals surface area contributed by atoms with Gasteiger partial charge in [-0.25, -0.2) is 22.2 Å². The quantitative estimate of drug-likeness (QED) is 0.210. The minimum absolute atomic E-state index is 0.117. The fourth-order valence-electron chi connectivity index (χ4n) is 4.87. The zero-order valence-corrected chi connectivity index (χ0v) is 23.9. The lowest BCUT2D eigenvalue weighted by atomic mass is 10.0. The third-order valence-corrected chi connectivity index (χ3v) is 7.88. The Morgan fingerprint density at radius 1 is 1.00 bits per heavy atom. The van der Waals surface area contributed by atoms with Gasteiger partial charge in [0, 0.05) is 41.8 Å². The maximum atomic E-state index is 16.1. The lowest BCUT2D eigenvalue weighted by molar-refractivity contribution is -0.115. The fourth-order valence-corrected chi connectivity index (χ4v) is 5.47. The van der Waals surface area contributed by atoms with Crippen LogP contribution < -0.4 is 5.32 Å². The Morgan fingerprint density at radius 3 is 2.63 bits per heavy atom. The van der Waals surface area contributed by atoms with Gasteiger partial charge in [0.2, 0.25) is 5.91 Å². The maximum Gasteiger partial charge on any atom is 0.224 e. The van der Waals surface area contributed by atoms with Crippen molar-refractivity contribution in [1.29, 1.82) is 0 Å². The average molecular weight is 602 g/mol. The molecule has 2 aromatic carbocycles. The highest BCUT2D eigenvalue weighted by atomic mass is 32.2. The van der Waals surface area contributed by atoms with E-state index in [1.165, 1.54) is 24.5 Å². The molecule has 6 aromatic rings. The molecule has 0 aliphatic heterocycles. The minimum Gasteiger partial charge on any atom is -0.336 e. The van der Waals surface area contributed by atoms with Gasteiger partial charge in [0.15, 0.2) is 5.82 Å². The SMILES string of the molecule is CCC(=O)Nc1cncc(-c2ccc3[nH]nc(-c4nc5c(-c6cc(F)cc(CCS(C)(=O)=O)c6)nccc5[nH]4)c3c2F)c1. The summed E-state index contributed by atoms with van der Waals surface area (Å²) in [5, 5.41) is 10.1. The number of hydrogen-bond donors (Lipinski definition) is 3. The summed E-state index contributed by atoms with van der Waals surface area (Å²) in [5.74, 6) is -1.12. The number of pyridine rings is 2. The van der Waals surface area contributed by atoms with Crippen LogP contribution in [-0.2, 0) is 21.1 Å². The van der Waals surface area contributed by atoms with Crippen molar-refractivity contribution in [3.05, 3.63) is 78.3 Å². The van der Waals surface area contributed by atoms with E-state index in [0.717, 1.165) is 6.26 Å². The monoisotopic (exact) mass is 601 g/mol. The van der Waals surface area contributed by atoms with Crippen LogP contribution in [0.5, 0.6) is 0 Å². The van der Waals surface area contributed by atoms with Crippen LogP contribution in [0.2, 0.25) is 0 Å². The first-order valence-electron chi connectivity index (χ1n) is 13.3. The number of amides is 1. The number of H-pyrrole nitrogens is 2. The molecule has 218 valence electrons. The zero-order chi connectivity index (χ0) is 30.3. The number of anilines is 1. The van der Waals surface area contributed by atoms with E-state index in [1.807, 2.05) is 0 Å². The predicted octanol–water partition coefficient (Wildman–Crippen LogP) is 5.44. The number of carbonyl (C=O) groups excluding carboxylic acids is 1. The molecule has 0 saturated heterocycles. The second kappa shape index (κ2) is 11.0. The number of nitrogens with zero attached hydrogens (tertiary/aromatic N) is 4. The molecule has 6 rings (SSSR count). The van der Waals surface area contributed by atoms with Crippen molar-refractivity contribution in [2.75, 3.05) is 17.3 Å². The van der Waals surface area contributed by atoms with E-state index in [2.05, 4.69) is 35.5 Å². The molecule has 0 atom stereocenters. The van der Waals surface area contributed by atoms with E-state index in [-0.39, 0.29) is 40.5 Å². The van der Waals surface area contributed by atoms with Gasteiger partial charge in [0.1, 0.15) is 32.7 Å². The number of carbonyl (C=O) groups is 1. The summed E-state index contributed by atoms with van der Waals surface area (Å²) >= 11 is 0. The molecule has 10 nitrogen and oxygen atoms in total. The number of benzene rings is 2. The first-order valence-corrected chi connectivity index (χ1v) is 15.4. The highest BCUT2D eigenvalue weighted by Crippen LogP contribution is 2.35. The van der Waals surface area contributed by atoms with Gasteiger partial charge >= 0.3 is 0 Å². The molecule has 0 spiro atoms. The van der Waals surface area contributed by atoms with Crippen LogP contribution in [0.3, 0.4) is 0 Å². The highest BCUT2D eigenvalue weighted by molar-refractivity contribution is 7.90. The molecule has 0 fully saturated rings. The van der Waals surface area contributed by atoms with Crippen molar-refractivity contribution in [3.63, 3.8) is 0 Å². The number of hydrogen-bond acceptors (Lipinski definition) is 7. The van der Waals surface area contributed by atoms with Crippen molar-refractivity contribution < 1.29 is 22.0 Å². The van der Waals surface area contributed by atoms with E-state index in [0.29, 0.717) is 51.0 Å². The standard InChI is InChI=1S/C30H25F2N7O3S/c1-3-24(40)35-20-13-18(14-33-15-20)21-4-5-22-25(26(21)32)29(39-38-22)30-36-23-6-8-34-27(28(23)37-30)17-10-16(11-19(31)12-17)7-9-43(2,41)42/h4-6,8,10-15H,3,7,9H2,1-2H3,(H,35,40)(H,36,37)(H,38,39). The van der Waals surface area contributed by atoms with Crippen molar-refractivity contribution >= 4 is 43.4 Å². The molecule has 3 N–H and O–H groups in total. The third kappa shape index (κ3) is 5.71. The molecule has 0 saturated carbocycles. The molecule has 13 heteroatoms. The Balaban J connectivity index is 1.42. The normalized spacial score (nSPS) is 11.8. The Morgan fingerprint density at radius 2 is 1.84 bits per heavy atom. The van der Waals surface area contributed by atoms with Crippen molar-refractivity contribution in [1.82, 2.24) is 30.1 Å². The van der Waals surface area contributed by atoms with Gasteiger partial charge in [-0.05, 0) is 54.4 Å². The molecule has 0 aliphatic rings. The molecular weight excluding hydrogens is 576 g/mol. The number of imidazole rings is 1. The topological polar surface area (TPSA) is 146 Å². The highest BCUT2D eigenvalue weighted by Gasteiger charge is 2.21. The van der Waals surface area contributed by atoms with Crippen molar-refractivity contribution in [2.45, 2.75) is 19.8 Å². The van der Waals surface area contributed by atoms with Gasteiger partial charge in [-0.2, -0.15) is 5.10 Å². The molecule has 1 amide bonds. The van der Waals surface area contributed by atoms with Gasteiger partial charge in [-0.1, -0.05) is 6.92 Å². The van der Waals surface area contributed by atoms with Gasteiger partial charge in [-0.3, -0.25) is 19.9 Å². The Bertz CT molecular complexity index is 2140. The van der Waals surface area contributed by atoms with Crippen LogP contribution in [0.1, 0.15) is 18.9 Å². The molecule has 4 heterocycles. The smallest absolute Gasteiger partial charge is 0.224 e. The molecule has 0 bridgehead atoms. The van der Waals surface area contributed by atoms with E-state index in [1.54, 1.807) is 43.5 Å². The van der Waals surface area contributed by atoms with Crippen LogP contribution in [0.15, 0.2) is 61.1 Å². The number of aryl methyl sites for hydroxylation is 1. The minimum atomic E-state index is -3.24. The first-order chi connectivity index (χ1) is 20.6. The lowest BCUT2D eigenvalue weighted by Gasteiger charge is -2.08. The Hall–Kier alpha value is -5.04. The summed E-state index contributed by atoms with van der Waals surface area (Å²) in [5.41, 5.74) is 4.14. The summed E-state index contributed by atoms with van der Waals surface area (Å²) in [6.45, 7) is 1.73. The number of fused-ring (bicyclic) bond motifs is 2. The maximum absolute atomic E-state index is 16.1. The van der Waals surface area contributed by atoms with Crippen LogP contribution in [0, 0.1) is 11.6 Å². The summed E-state index contributed by atoms with van der Waals surface area (Å²) < 4.78 is 54.0. The second-order valence-corrected chi connectivity index (χ2v) is 12.4. The summed E-state index contributed by atoms with van der Waals surface area (Å²) in [6, 6.07) is 10.9. The Labute approximate surface area is 244 Å². The van der Waals surface area contributed by atoms with Gasteiger partial charge in [0.05, 0.1) is 39.8 Å². The zero-order valence-electron chi connectivity index (χ0n) is 23.1. The molecule has 0 aliphatic carbocycles. The lowest BCUT2D eigenvalue weighted by Crippen LogP contribution is -2.09. The van der Waals surface area contributed by atoms with Crippen molar-refractivity contribution in [2.24, 2.45) is 0 Å². The Kier molecular flexibility index (Phi) is 7.18. The van der Waals surface area contributed by atoms with E-state index in [4.69, 9.17) is 0 Å². The molecule has 4 aromatic heterocycles. The summed E-state index contributed by atoms with van der Waals surface area (Å²) in [4.78, 5) is 28.3. The van der Waals surface area contributed by atoms with Crippen LogP contribution in [0.25, 0.3) is 55.8 Å². The fraction of sp³-hybridized carbons (Fsp3) is 0.167. The summed E-state index contributed by atoms with van der Waals surface area (Å²) in [6.07, 6.45) is 6.11. The summed E-state index contributed by atoms with van der Waals surface area (Å²) in [7, 11) is -3.24. The van der Waals surface area contributed by atoms with Crippen LogP contribution >= 0.6 is 0 Å². The number of aromatic amines is 2. The molecule has 0 unspecified atom stereocenters. The molecule has 43 heavy (non-hydrogen) atoms. The molecular formula is C30H25F2N7O3S. The van der Waals surface area contributed by atoms with E-state index in [9.17, 15) is 17.6 Å². The van der Waals surface area contributed by atoms with Gasteiger partial charge < -0.3 is 10.3 Å². The molecule has 0 radical (unpaired) electrons.